The van der Waals surface area contributed by atoms with Crippen molar-refractivity contribution in [1.82, 2.24) is 5.32 Å². The standard InChI is InChI=1S/C17H23Cl2N3O2/c1-10(2)17(3,9-20)21-15(23)12-6-7-22(16(12)24)11-4-5-13(18)14(19)8-11/h4-5,8,10,12H,6-7,9,20H2,1-3H3,(H,21,23). The summed E-state index contributed by atoms with van der Waals surface area (Å²) in [5.74, 6) is -1.04. The van der Waals surface area contributed by atoms with Gasteiger partial charge in [-0.25, -0.2) is 0 Å². The van der Waals surface area contributed by atoms with Crippen molar-refractivity contribution in [2.24, 2.45) is 17.6 Å². The molecule has 0 spiro atoms. The van der Waals surface area contributed by atoms with Crippen molar-refractivity contribution in [3.8, 4) is 0 Å². The molecule has 1 aromatic rings. The molecule has 132 valence electrons. The lowest BCUT2D eigenvalue weighted by molar-refractivity contribution is -0.133. The minimum atomic E-state index is -0.705. The lowest BCUT2D eigenvalue weighted by atomic mass is 9.87. The van der Waals surface area contributed by atoms with Gasteiger partial charge in [0.2, 0.25) is 11.8 Å². The van der Waals surface area contributed by atoms with Gasteiger partial charge < -0.3 is 16.0 Å². The van der Waals surface area contributed by atoms with Crippen LogP contribution in [0.2, 0.25) is 10.0 Å². The Labute approximate surface area is 152 Å². The number of nitrogens with zero attached hydrogens (tertiary/aromatic N) is 1. The molecule has 0 radical (unpaired) electrons. The Hall–Kier alpha value is -1.30. The fourth-order valence-corrected chi connectivity index (χ4v) is 2.92. The molecule has 3 N–H and O–H groups in total. The SMILES string of the molecule is CC(C)C(C)(CN)NC(=O)C1CCN(c2ccc(Cl)c(Cl)c2)C1=O. The van der Waals surface area contributed by atoms with Crippen molar-refractivity contribution in [1.29, 1.82) is 0 Å². The Morgan fingerprint density at radius 3 is 2.62 bits per heavy atom. The molecular formula is C17H23Cl2N3O2. The van der Waals surface area contributed by atoms with E-state index in [9.17, 15) is 9.59 Å². The second-order valence-corrected chi connectivity index (χ2v) is 7.51. The van der Waals surface area contributed by atoms with Gasteiger partial charge in [0.05, 0.1) is 15.6 Å². The average Bonchev–Trinajstić information content (AvgIpc) is 2.91. The Morgan fingerprint density at radius 2 is 2.08 bits per heavy atom. The molecule has 1 aliphatic rings. The van der Waals surface area contributed by atoms with E-state index in [0.717, 1.165) is 0 Å². The zero-order valence-corrected chi connectivity index (χ0v) is 15.6. The molecule has 2 atom stereocenters. The van der Waals surface area contributed by atoms with E-state index in [2.05, 4.69) is 5.32 Å². The van der Waals surface area contributed by atoms with E-state index in [4.69, 9.17) is 28.9 Å². The van der Waals surface area contributed by atoms with Crippen LogP contribution in [-0.4, -0.2) is 30.4 Å². The van der Waals surface area contributed by atoms with Gasteiger partial charge in [-0.2, -0.15) is 0 Å². The van der Waals surface area contributed by atoms with Gasteiger partial charge in [-0.15, -0.1) is 0 Å². The molecular weight excluding hydrogens is 349 g/mol. The first kappa shape index (κ1) is 19.0. The third-order valence-electron chi connectivity index (χ3n) is 4.84. The first-order valence-corrected chi connectivity index (χ1v) is 8.73. The van der Waals surface area contributed by atoms with E-state index in [1.807, 2.05) is 20.8 Å². The number of carbonyl (C=O) groups excluding carboxylic acids is 2. The minimum absolute atomic E-state index is 0.161. The Morgan fingerprint density at radius 1 is 1.42 bits per heavy atom. The predicted molar refractivity (Wildman–Crippen MR) is 97.4 cm³/mol. The van der Waals surface area contributed by atoms with E-state index < -0.39 is 11.5 Å². The highest BCUT2D eigenvalue weighted by molar-refractivity contribution is 6.42. The molecule has 1 saturated heterocycles. The lowest BCUT2D eigenvalue weighted by Crippen LogP contribution is -2.57. The molecule has 1 heterocycles. The third-order valence-corrected chi connectivity index (χ3v) is 5.58. The van der Waals surface area contributed by atoms with Gasteiger partial charge in [0.15, 0.2) is 0 Å². The van der Waals surface area contributed by atoms with Crippen LogP contribution >= 0.6 is 23.2 Å². The number of benzene rings is 1. The maximum Gasteiger partial charge on any atom is 0.239 e. The number of rotatable bonds is 5. The van der Waals surface area contributed by atoms with Gasteiger partial charge in [-0.1, -0.05) is 37.0 Å². The number of anilines is 1. The highest BCUT2D eigenvalue weighted by Gasteiger charge is 2.40. The number of amides is 2. The molecule has 1 fully saturated rings. The van der Waals surface area contributed by atoms with E-state index in [1.54, 1.807) is 23.1 Å². The molecule has 0 aliphatic carbocycles. The number of hydrogen-bond donors (Lipinski definition) is 2. The molecule has 0 aromatic heterocycles. The summed E-state index contributed by atoms with van der Waals surface area (Å²) in [6.07, 6.45) is 0.462. The van der Waals surface area contributed by atoms with Crippen molar-refractivity contribution in [2.75, 3.05) is 18.0 Å². The van der Waals surface area contributed by atoms with Gasteiger partial charge in [-0.05, 0) is 37.5 Å². The maximum atomic E-state index is 12.6. The molecule has 24 heavy (non-hydrogen) atoms. The average molecular weight is 372 g/mol. The zero-order valence-electron chi connectivity index (χ0n) is 14.1. The van der Waals surface area contributed by atoms with Crippen LogP contribution in [0.4, 0.5) is 5.69 Å². The number of nitrogens with one attached hydrogen (secondary N) is 1. The number of carbonyl (C=O) groups is 2. The normalized spacial score (nSPS) is 20.4. The van der Waals surface area contributed by atoms with Crippen LogP contribution in [0.3, 0.4) is 0 Å². The van der Waals surface area contributed by atoms with Crippen molar-refractivity contribution in [2.45, 2.75) is 32.7 Å². The number of hydrogen-bond acceptors (Lipinski definition) is 3. The first-order chi connectivity index (χ1) is 11.2. The van der Waals surface area contributed by atoms with Gasteiger partial charge in [0.25, 0.3) is 0 Å². The summed E-state index contributed by atoms with van der Waals surface area (Å²) < 4.78 is 0. The van der Waals surface area contributed by atoms with E-state index in [-0.39, 0.29) is 17.7 Å². The third kappa shape index (κ3) is 3.68. The summed E-state index contributed by atoms with van der Waals surface area (Å²) in [5, 5.41) is 3.76. The first-order valence-electron chi connectivity index (χ1n) is 7.98. The lowest BCUT2D eigenvalue weighted by Gasteiger charge is -2.34. The molecule has 1 aromatic carbocycles. The summed E-state index contributed by atoms with van der Waals surface area (Å²) >= 11 is 11.9. The smallest absolute Gasteiger partial charge is 0.239 e. The van der Waals surface area contributed by atoms with Crippen LogP contribution in [-0.2, 0) is 9.59 Å². The molecule has 2 rings (SSSR count). The molecule has 1 aliphatic heterocycles. The fourth-order valence-electron chi connectivity index (χ4n) is 2.63. The largest absolute Gasteiger partial charge is 0.349 e. The molecule has 2 amide bonds. The fraction of sp³-hybridized carbons (Fsp3) is 0.529. The van der Waals surface area contributed by atoms with Gasteiger partial charge >= 0.3 is 0 Å². The van der Waals surface area contributed by atoms with E-state index in [0.29, 0.717) is 35.2 Å². The summed E-state index contributed by atoms with van der Waals surface area (Å²) in [7, 11) is 0. The minimum Gasteiger partial charge on any atom is -0.349 e. The quantitative estimate of drug-likeness (QED) is 0.781. The van der Waals surface area contributed by atoms with Gasteiger partial charge in [0, 0.05) is 18.8 Å². The second kappa shape index (κ2) is 7.30. The topological polar surface area (TPSA) is 75.4 Å². The second-order valence-electron chi connectivity index (χ2n) is 6.70. The Balaban J connectivity index is 2.13. The monoisotopic (exact) mass is 371 g/mol. The maximum absolute atomic E-state index is 12.6. The van der Waals surface area contributed by atoms with Crippen LogP contribution in [0.25, 0.3) is 0 Å². The summed E-state index contributed by atoms with van der Waals surface area (Å²) in [4.78, 5) is 26.8. The molecule has 0 bridgehead atoms. The van der Waals surface area contributed by atoms with E-state index in [1.165, 1.54) is 0 Å². The highest BCUT2D eigenvalue weighted by Crippen LogP contribution is 2.31. The van der Waals surface area contributed by atoms with Gasteiger partial charge in [0.1, 0.15) is 5.92 Å². The predicted octanol–water partition coefficient (Wildman–Crippen LogP) is 2.84. The summed E-state index contributed by atoms with van der Waals surface area (Å²) in [6, 6.07) is 5.01. The highest BCUT2D eigenvalue weighted by atomic mass is 35.5. The van der Waals surface area contributed by atoms with Crippen molar-refractivity contribution in [3.63, 3.8) is 0 Å². The number of nitrogens with two attached hydrogens (primary N) is 1. The van der Waals surface area contributed by atoms with Crippen LogP contribution in [0, 0.1) is 11.8 Å². The van der Waals surface area contributed by atoms with Crippen LogP contribution < -0.4 is 16.0 Å². The van der Waals surface area contributed by atoms with Crippen LogP contribution in [0.1, 0.15) is 27.2 Å². The van der Waals surface area contributed by atoms with Crippen molar-refractivity contribution < 1.29 is 9.59 Å². The Bertz CT molecular complexity index is 651. The Kier molecular flexibility index (Phi) is 5.78. The van der Waals surface area contributed by atoms with Crippen molar-refractivity contribution >= 4 is 40.7 Å². The summed E-state index contributed by atoms with van der Waals surface area (Å²) in [5.41, 5.74) is 5.92. The molecule has 2 unspecified atom stereocenters. The summed E-state index contributed by atoms with van der Waals surface area (Å²) in [6.45, 7) is 6.66. The van der Waals surface area contributed by atoms with Crippen LogP contribution in [0.5, 0.6) is 0 Å². The zero-order chi connectivity index (χ0) is 18.1. The molecule has 0 saturated carbocycles. The molecule has 5 nitrogen and oxygen atoms in total. The van der Waals surface area contributed by atoms with Gasteiger partial charge in [-0.3, -0.25) is 9.59 Å². The van der Waals surface area contributed by atoms with Crippen LogP contribution in [0.15, 0.2) is 18.2 Å². The van der Waals surface area contributed by atoms with Crippen molar-refractivity contribution in [3.05, 3.63) is 28.2 Å². The number of halogens is 2. The molecule has 7 heteroatoms. The van der Waals surface area contributed by atoms with E-state index >= 15 is 0 Å².